The van der Waals surface area contributed by atoms with Gasteiger partial charge in [0.2, 0.25) is 17.7 Å². The molecular formula is C35H47F3N6O5. The molecule has 3 amide bonds. The van der Waals surface area contributed by atoms with Crippen LogP contribution in [0, 0.1) is 23.2 Å². The first-order valence-electron chi connectivity index (χ1n) is 16.6. The van der Waals surface area contributed by atoms with Crippen LogP contribution in [-0.2, 0) is 32.1 Å². The van der Waals surface area contributed by atoms with E-state index >= 15 is 0 Å². The average Bonchev–Trinajstić information content (AvgIpc) is 3.09. The Labute approximate surface area is 284 Å². The molecule has 49 heavy (non-hydrogen) atoms. The molecular weight excluding hydrogens is 641 g/mol. The smallest absolute Gasteiger partial charge is 0.475 e. The number of rotatable bonds is 12. The number of amidine groups is 1. The molecule has 7 N–H and O–H groups in total. The number of carboxylic acid groups (broad SMARTS) is 1. The first kappa shape index (κ1) is 39.0. The summed E-state index contributed by atoms with van der Waals surface area (Å²) in [6, 6.07) is 16.0. The van der Waals surface area contributed by atoms with Gasteiger partial charge >= 0.3 is 12.1 Å². The van der Waals surface area contributed by atoms with E-state index in [9.17, 15) is 27.6 Å². The van der Waals surface area contributed by atoms with Gasteiger partial charge in [0, 0.05) is 25.7 Å². The number of benzene rings is 2. The number of alkyl halides is 3. The molecule has 1 saturated carbocycles. The van der Waals surface area contributed by atoms with Crippen LogP contribution in [0.3, 0.4) is 0 Å². The van der Waals surface area contributed by atoms with Crippen LogP contribution in [0.5, 0.6) is 0 Å². The lowest BCUT2D eigenvalue weighted by molar-refractivity contribution is -0.192. The zero-order valence-corrected chi connectivity index (χ0v) is 27.7. The standard InChI is InChI=1S/C33H46N6O3.C2HF3O2/c1-39(22-25-8-4-2-5-9-25)33(42)28(20-23-12-14-27(15-13-23)30(34)35)31(40)38-29(26-10-6-3-7-11-26)32(41)37-21-24-16-18-36-19-17-24;3-2(4,5)1(6)7/h2,4-5,8-9,12-15,24,26,28-29,36H,3,6-7,10-11,16-22H2,1H3,(H3,34,35)(H,37,41)(H,38,40);(H,6,7)/t28?,29-;/m0./s1. The Balaban J connectivity index is 0.000000838. The summed E-state index contributed by atoms with van der Waals surface area (Å²) in [5.41, 5.74) is 7.95. The predicted molar refractivity (Wildman–Crippen MR) is 178 cm³/mol. The lowest BCUT2D eigenvalue weighted by atomic mass is 9.83. The summed E-state index contributed by atoms with van der Waals surface area (Å²) in [7, 11) is 1.71. The van der Waals surface area contributed by atoms with Gasteiger partial charge in [-0.25, -0.2) is 4.79 Å². The second-order valence-electron chi connectivity index (χ2n) is 12.7. The molecule has 2 aliphatic rings. The van der Waals surface area contributed by atoms with Gasteiger partial charge in [0.15, 0.2) is 0 Å². The van der Waals surface area contributed by atoms with Crippen LogP contribution in [0.2, 0.25) is 0 Å². The minimum atomic E-state index is -5.08. The average molecular weight is 689 g/mol. The number of amides is 3. The van der Waals surface area contributed by atoms with Crippen LogP contribution < -0.4 is 21.7 Å². The summed E-state index contributed by atoms with van der Waals surface area (Å²) in [6.45, 7) is 2.88. The summed E-state index contributed by atoms with van der Waals surface area (Å²) in [5, 5.41) is 24.3. The molecule has 14 heteroatoms. The topological polar surface area (TPSA) is 178 Å². The van der Waals surface area contributed by atoms with E-state index in [-0.39, 0.29) is 30.0 Å². The maximum Gasteiger partial charge on any atom is 0.490 e. The highest BCUT2D eigenvalue weighted by Gasteiger charge is 2.38. The molecule has 1 aliphatic carbocycles. The molecule has 2 aromatic carbocycles. The Morgan fingerprint density at radius 1 is 0.939 bits per heavy atom. The molecule has 2 aromatic rings. The molecule has 2 atom stereocenters. The lowest BCUT2D eigenvalue weighted by Crippen LogP contribution is -2.55. The third-order valence-corrected chi connectivity index (χ3v) is 8.93. The minimum absolute atomic E-state index is 0.0414. The minimum Gasteiger partial charge on any atom is -0.475 e. The zero-order valence-electron chi connectivity index (χ0n) is 27.7. The number of carboxylic acids is 1. The SMILES string of the molecule is CN(Cc1ccccc1)C(=O)C(Cc1ccc(C(=N)N)cc1)C(=O)N[C@H](C(=O)NCC1CCNCC1)C1CCCCC1.O=C(O)C(F)(F)F. The summed E-state index contributed by atoms with van der Waals surface area (Å²) in [6.07, 6.45) is 2.09. The molecule has 0 bridgehead atoms. The summed E-state index contributed by atoms with van der Waals surface area (Å²) in [4.78, 5) is 51.9. The van der Waals surface area contributed by atoms with Crippen molar-refractivity contribution in [2.75, 3.05) is 26.7 Å². The van der Waals surface area contributed by atoms with E-state index in [1.54, 1.807) is 36.2 Å². The van der Waals surface area contributed by atoms with Crippen molar-refractivity contribution in [3.05, 3.63) is 71.3 Å². The summed E-state index contributed by atoms with van der Waals surface area (Å²) in [5.74, 6) is -4.21. The van der Waals surface area contributed by atoms with E-state index in [1.807, 2.05) is 30.3 Å². The first-order valence-corrected chi connectivity index (χ1v) is 16.6. The first-order chi connectivity index (χ1) is 23.3. The third kappa shape index (κ3) is 12.8. The number of halogens is 3. The van der Waals surface area contributed by atoms with Gasteiger partial charge in [-0.1, -0.05) is 73.9 Å². The normalized spacial score (nSPS) is 16.7. The Morgan fingerprint density at radius 3 is 2.08 bits per heavy atom. The number of nitrogens with one attached hydrogen (secondary N) is 4. The van der Waals surface area contributed by atoms with Crippen molar-refractivity contribution in [1.82, 2.24) is 20.9 Å². The van der Waals surface area contributed by atoms with E-state index < -0.39 is 30.0 Å². The maximum atomic E-state index is 14.0. The number of nitrogens with zero attached hydrogens (tertiary/aromatic N) is 1. The number of nitrogens with two attached hydrogens (primary N) is 1. The van der Waals surface area contributed by atoms with Gasteiger partial charge in [0.05, 0.1) is 0 Å². The number of carbonyl (C=O) groups is 4. The third-order valence-electron chi connectivity index (χ3n) is 8.93. The molecule has 1 unspecified atom stereocenters. The van der Waals surface area contributed by atoms with Crippen LogP contribution in [0.25, 0.3) is 0 Å². The highest BCUT2D eigenvalue weighted by molar-refractivity contribution is 6.02. The molecule has 0 aromatic heterocycles. The van der Waals surface area contributed by atoms with Crippen molar-refractivity contribution < 1.29 is 37.5 Å². The number of hydrogen-bond acceptors (Lipinski definition) is 6. The van der Waals surface area contributed by atoms with Crippen molar-refractivity contribution in [3.8, 4) is 0 Å². The van der Waals surface area contributed by atoms with E-state index in [2.05, 4.69) is 16.0 Å². The van der Waals surface area contributed by atoms with Crippen LogP contribution in [-0.4, -0.2) is 78.4 Å². The fourth-order valence-corrected chi connectivity index (χ4v) is 6.11. The zero-order chi connectivity index (χ0) is 36.0. The maximum absolute atomic E-state index is 14.0. The van der Waals surface area contributed by atoms with Gasteiger partial charge in [-0.3, -0.25) is 19.8 Å². The number of aliphatic carboxylic acids is 1. The van der Waals surface area contributed by atoms with E-state index in [1.165, 1.54) is 0 Å². The Kier molecular flexibility index (Phi) is 15.0. The highest BCUT2D eigenvalue weighted by atomic mass is 19.4. The molecule has 2 fully saturated rings. The fourth-order valence-electron chi connectivity index (χ4n) is 6.11. The quantitative estimate of drug-likeness (QED) is 0.112. The van der Waals surface area contributed by atoms with E-state index in [0.29, 0.717) is 24.6 Å². The molecule has 268 valence electrons. The number of piperidine rings is 1. The van der Waals surface area contributed by atoms with E-state index in [4.69, 9.17) is 21.0 Å². The van der Waals surface area contributed by atoms with Gasteiger partial charge in [-0.2, -0.15) is 13.2 Å². The summed E-state index contributed by atoms with van der Waals surface area (Å²) >= 11 is 0. The predicted octanol–water partition coefficient (Wildman–Crippen LogP) is 3.60. The monoisotopic (exact) mass is 688 g/mol. The van der Waals surface area contributed by atoms with Crippen LogP contribution in [0.1, 0.15) is 61.6 Å². The van der Waals surface area contributed by atoms with Crippen molar-refractivity contribution >= 4 is 29.5 Å². The molecule has 1 heterocycles. The van der Waals surface area contributed by atoms with E-state index in [0.717, 1.165) is 69.2 Å². The molecule has 0 spiro atoms. The number of carbonyl (C=O) groups excluding carboxylic acids is 3. The molecule has 0 radical (unpaired) electrons. The van der Waals surface area contributed by atoms with Gasteiger partial charge < -0.3 is 31.7 Å². The molecule has 11 nitrogen and oxygen atoms in total. The number of nitrogen functional groups attached to an aromatic ring is 1. The lowest BCUT2D eigenvalue weighted by Gasteiger charge is -2.32. The van der Waals surface area contributed by atoms with Crippen LogP contribution in [0.15, 0.2) is 54.6 Å². The molecule has 1 aliphatic heterocycles. The van der Waals surface area contributed by atoms with Crippen molar-refractivity contribution in [3.63, 3.8) is 0 Å². The van der Waals surface area contributed by atoms with Crippen LogP contribution in [0.4, 0.5) is 13.2 Å². The molecule has 4 rings (SSSR count). The highest BCUT2D eigenvalue weighted by Crippen LogP contribution is 2.27. The summed E-state index contributed by atoms with van der Waals surface area (Å²) < 4.78 is 31.7. The van der Waals surface area contributed by atoms with Crippen molar-refractivity contribution in [2.24, 2.45) is 23.5 Å². The van der Waals surface area contributed by atoms with Gasteiger partial charge in [0.1, 0.15) is 17.8 Å². The fraction of sp³-hybridized carbons (Fsp3) is 0.514. The Morgan fingerprint density at radius 2 is 1.53 bits per heavy atom. The van der Waals surface area contributed by atoms with Gasteiger partial charge in [-0.05, 0) is 68.2 Å². The van der Waals surface area contributed by atoms with Gasteiger partial charge in [0.25, 0.3) is 0 Å². The Hall–Kier alpha value is -4.46. The number of hydrogen-bond donors (Lipinski definition) is 6. The second-order valence-corrected chi connectivity index (χ2v) is 12.7. The largest absolute Gasteiger partial charge is 0.490 e. The van der Waals surface area contributed by atoms with Gasteiger partial charge in [-0.15, -0.1) is 0 Å². The second kappa shape index (κ2) is 18.9. The van der Waals surface area contributed by atoms with Crippen molar-refractivity contribution in [1.29, 1.82) is 5.41 Å². The van der Waals surface area contributed by atoms with Crippen molar-refractivity contribution in [2.45, 2.75) is 70.1 Å². The van der Waals surface area contributed by atoms with Crippen LogP contribution >= 0.6 is 0 Å². The molecule has 1 saturated heterocycles. The Bertz CT molecular complexity index is 1390.